The van der Waals surface area contributed by atoms with Gasteiger partial charge < -0.3 is 5.32 Å². The fourth-order valence-electron chi connectivity index (χ4n) is 1.74. The number of carbonyl (C=O) groups excluding carboxylic acids is 2. The van der Waals surface area contributed by atoms with Crippen LogP contribution in [0.15, 0.2) is 0 Å². The maximum atomic E-state index is 12.5. The first-order valence-electron chi connectivity index (χ1n) is 4.86. The van der Waals surface area contributed by atoms with Gasteiger partial charge in [-0.15, -0.1) is 0 Å². The molecule has 0 saturated carbocycles. The second kappa shape index (κ2) is 4.21. The van der Waals surface area contributed by atoms with Gasteiger partial charge in [0.05, 0.1) is 12.1 Å². The molecule has 1 atom stereocenters. The summed E-state index contributed by atoms with van der Waals surface area (Å²) in [7, 11) is 0. The molecule has 0 fully saturated rings. The third-order valence-electron chi connectivity index (χ3n) is 2.53. The number of ketones is 1. The van der Waals surface area contributed by atoms with Crippen LogP contribution in [-0.4, -0.2) is 33.7 Å². The predicted molar refractivity (Wildman–Crippen MR) is 62.3 cm³/mol. The number of amides is 1. The first kappa shape index (κ1) is 13.3. The van der Waals surface area contributed by atoms with Crippen LogP contribution in [0.2, 0.25) is 0 Å². The summed E-state index contributed by atoms with van der Waals surface area (Å²) in [6.07, 6.45) is -4.54. The van der Waals surface area contributed by atoms with Crippen molar-refractivity contribution in [1.82, 2.24) is 15.1 Å². The number of nitrogens with zero attached hydrogens (tertiary/aromatic N) is 2. The first-order chi connectivity index (χ1) is 8.21. The fourth-order valence-corrected chi connectivity index (χ4v) is 2.63. The molecule has 9 heteroatoms. The van der Waals surface area contributed by atoms with Gasteiger partial charge in [0.15, 0.2) is 5.78 Å². The fraction of sp³-hybridized carbons (Fsp3) is 0.444. The standard InChI is InChI=1S/C9H7F3IN3O2/c1-3(17)5-6-8(18)14-4(9(10,11)12)2-16(6)15-7(5)13/h4H,2H2,1H3,(H,14,18). The molecule has 0 saturated heterocycles. The summed E-state index contributed by atoms with van der Waals surface area (Å²) in [5, 5.41) is 5.65. The lowest BCUT2D eigenvalue weighted by atomic mass is 10.1. The molecule has 5 nitrogen and oxygen atoms in total. The van der Waals surface area contributed by atoms with Crippen LogP contribution in [0.3, 0.4) is 0 Å². The molecule has 0 aromatic carbocycles. The van der Waals surface area contributed by atoms with E-state index in [0.29, 0.717) is 0 Å². The number of hydrogen-bond donors (Lipinski definition) is 1. The minimum absolute atomic E-state index is 0.0636. The van der Waals surface area contributed by atoms with Gasteiger partial charge in [0, 0.05) is 0 Å². The number of fused-ring (bicyclic) bond motifs is 1. The van der Waals surface area contributed by atoms with Crippen molar-refractivity contribution in [3.05, 3.63) is 15.0 Å². The summed E-state index contributed by atoms with van der Waals surface area (Å²) in [6, 6.07) is -1.98. The van der Waals surface area contributed by atoms with Crippen LogP contribution < -0.4 is 5.32 Å². The van der Waals surface area contributed by atoms with E-state index in [0.717, 1.165) is 4.68 Å². The van der Waals surface area contributed by atoms with Crippen molar-refractivity contribution in [2.24, 2.45) is 0 Å². The van der Waals surface area contributed by atoms with Crippen LogP contribution in [0.25, 0.3) is 0 Å². The van der Waals surface area contributed by atoms with Gasteiger partial charge in [-0.05, 0) is 29.5 Å². The van der Waals surface area contributed by atoms with Crippen molar-refractivity contribution < 1.29 is 22.8 Å². The highest BCUT2D eigenvalue weighted by atomic mass is 127. The molecular weight excluding hydrogens is 366 g/mol. The monoisotopic (exact) mass is 373 g/mol. The Morgan fingerprint density at radius 3 is 2.67 bits per heavy atom. The Morgan fingerprint density at radius 2 is 2.17 bits per heavy atom. The highest BCUT2D eigenvalue weighted by Crippen LogP contribution is 2.27. The molecule has 1 aliphatic heterocycles. The topological polar surface area (TPSA) is 64.0 Å². The number of Topliss-reactive ketones (excluding diaryl/α,β-unsaturated/α-hetero) is 1. The van der Waals surface area contributed by atoms with Gasteiger partial charge in [-0.1, -0.05) is 0 Å². The minimum Gasteiger partial charge on any atom is -0.337 e. The Balaban J connectivity index is 2.49. The van der Waals surface area contributed by atoms with E-state index in [1.165, 1.54) is 6.92 Å². The van der Waals surface area contributed by atoms with Crippen LogP contribution in [0.1, 0.15) is 27.8 Å². The Morgan fingerprint density at radius 1 is 1.56 bits per heavy atom. The van der Waals surface area contributed by atoms with Gasteiger partial charge >= 0.3 is 6.18 Å². The van der Waals surface area contributed by atoms with Crippen molar-refractivity contribution >= 4 is 34.3 Å². The largest absolute Gasteiger partial charge is 0.410 e. The third-order valence-corrected chi connectivity index (χ3v) is 3.29. The molecule has 2 heterocycles. The molecule has 2 rings (SSSR count). The number of nitrogens with one attached hydrogen (secondary N) is 1. The van der Waals surface area contributed by atoms with Crippen molar-refractivity contribution in [1.29, 1.82) is 0 Å². The van der Waals surface area contributed by atoms with Crippen LogP contribution >= 0.6 is 22.6 Å². The lowest BCUT2D eigenvalue weighted by Gasteiger charge is -2.26. The van der Waals surface area contributed by atoms with Gasteiger partial charge in [0.25, 0.3) is 5.91 Å². The molecule has 1 N–H and O–H groups in total. The molecule has 1 amide bonds. The average molecular weight is 373 g/mol. The van der Waals surface area contributed by atoms with Gasteiger partial charge in [-0.2, -0.15) is 18.3 Å². The third kappa shape index (κ3) is 2.10. The Hall–Kier alpha value is -1.13. The summed E-state index contributed by atoms with van der Waals surface area (Å²) in [4.78, 5) is 23.0. The molecule has 1 aromatic rings. The molecule has 0 aliphatic carbocycles. The van der Waals surface area contributed by atoms with E-state index in [1.807, 2.05) is 5.32 Å². The van der Waals surface area contributed by atoms with E-state index in [2.05, 4.69) is 5.10 Å². The molecule has 1 unspecified atom stereocenters. The van der Waals surface area contributed by atoms with Crippen LogP contribution in [-0.2, 0) is 6.54 Å². The first-order valence-corrected chi connectivity index (χ1v) is 5.94. The molecule has 98 valence electrons. The molecule has 0 radical (unpaired) electrons. The van der Waals surface area contributed by atoms with E-state index in [9.17, 15) is 22.8 Å². The van der Waals surface area contributed by atoms with Gasteiger partial charge in [-0.3, -0.25) is 14.3 Å². The van der Waals surface area contributed by atoms with Gasteiger partial charge in [0.2, 0.25) is 0 Å². The normalized spacial score (nSPS) is 19.4. The SMILES string of the molecule is CC(=O)c1c(I)nn2c1C(=O)NC(C(F)(F)F)C2. The number of rotatable bonds is 1. The Bertz CT molecular complexity index is 538. The average Bonchev–Trinajstić information content (AvgIpc) is 2.53. The quantitative estimate of drug-likeness (QED) is 0.598. The Kier molecular flexibility index (Phi) is 3.11. The lowest BCUT2D eigenvalue weighted by Crippen LogP contribution is -2.52. The molecule has 0 spiro atoms. The number of alkyl halides is 3. The predicted octanol–water partition coefficient (Wildman–Crippen LogP) is 1.36. The molecule has 1 aliphatic rings. The molecule has 18 heavy (non-hydrogen) atoms. The van der Waals surface area contributed by atoms with E-state index < -0.39 is 30.5 Å². The maximum absolute atomic E-state index is 12.5. The maximum Gasteiger partial charge on any atom is 0.410 e. The zero-order valence-electron chi connectivity index (χ0n) is 9.01. The highest BCUT2D eigenvalue weighted by Gasteiger charge is 2.45. The van der Waals surface area contributed by atoms with Crippen molar-refractivity contribution in [2.45, 2.75) is 25.7 Å². The number of aromatic nitrogens is 2. The van der Waals surface area contributed by atoms with Crippen molar-refractivity contribution in [3.8, 4) is 0 Å². The van der Waals surface area contributed by atoms with E-state index in [-0.39, 0.29) is 15.0 Å². The second-order valence-corrected chi connectivity index (χ2v) is 4.84. The zero-order valence-corrected chi connectivity index (χ0v) is 11.2. The number of carbonyl (C=O) groups is 2. The molecular formula is C9H7F3IN3O2. The van der Waals surface area contributed by atoms with E-state index in [4.69, 9.17) is 0 Å². The summed E-state index contributed by atoms with van der Waals surface area (Å²) in [5.41, 5.74) is -0.0406. The van der Waals surface area contributed by atoms with Gasteiger partial charge in [0.1, 0.15) is 15.4 Å². The lowest BCUT2D eigenvalue weighted by molar-refractivity contribution is -0.158. The smallest absolute Gasteiger partial charge is 0.337 e. The van der Waals surface area contributed by atoms with Crippen molar-refractivity contribution in [3.63, 3.8) is 0 Å². The summed E-state index contributed by atoms with van der Waals surface area (Å²) in [6.45, 7) is 0.719. The number of halogens is 4. The van der Waals surface area contributed by atoms with E-state index in [1.54, 1.807) is 22.6 Å². The van der Waals surface area contributed by atoms with Gasteiger partial charge in [-0.25, -0.2) is 0 Å². The second-order valence-electron chi connectivity index (χ2n) is 3.82. The van der Waals surface area contributed by atoms with Crippen LogP contribution in [0.5, 0.6) is 0 Å². The highest BCUT2D eigenvalue weighted by molar-refractivity contribution is 14.1. The summed E-state index contributed by atoms with van der Waals surface area (Å²) >= 11 is 1.72. The van der Waals surface area contributed by atoms with Crippen LogP contribution in [0, 0.1) is 3.70 Å². The molecule has 0 bridgehead atoms. The molecule has 1 aromatic heterocycles. The Labute approximate surface area is 113 Å². The van der Waals surface area contributed by atoms with Crippen molar-refractivity contribution in [2.75, 3.05) is 0 Å². The summed E-state index contributed by atoms with van der Waals surface area (Å²) < 4.78 is 38.8. The zero-order chi connectivity index (χ0) is 13.7. The minimum atomic E-state index is -4.54. The van der Waals surface area contributed by atoms with E-state index >= 15 is 0 Å². The van der Waals surface area contributed by atoms with Crippen LogP contribution in [0.4, 0.5) is 13.2 Å². The number of hydrogen-bond acceptors (Lipinski definition) is 3. The summed E-state index contributed by atoms with van der Waals surface area (Å²) in [5.74, 6) is -1.33.